The van der Waals surface area contributed by atoms with Crippen LogP contribution in [0.25, 0.3) is 27.8 Å². The van der Waals surface area contributed by atoms with Gasteiger partial charge in [0.25, 0.3) is 0 Å². The van der Waals surface area contributed by atoms with Gasteiger partial charge in [0.1, 0.15) is 23.3 Å². The van der Waals surface area contributed by atoms with Crippen LogP contribution in [0.5, 0.6) is 0 Å². The molecule has 42 heavy (non-hydrogen) atoms. The second-order valence-electron chi connectivity index (χ2n) is 11.2. The number of fused-ring (bicyclic) bond motifs is 1. The maximum atomic E-state index is 15.8. The second-order valence-corrected chi connectivity index (χ2v) is 13.1. The number of rotatable bonds is 10. The number of sulfonamides is 1. The number of aromatic nitrogens is 5. The van der Waals surface area contributed by atoms with Crippen LogP contribution >= 0.6 is 0 Å². The summed E-state index contributed by atoms with van der Waals surface area (Å²) in [7, 11) is -1.82. The van der Waals surface area contributed by atoms with Crippen molar-refractivity contribution in [3.05, 3.63) is 54.9 Å². The summed E-state index contributed by atoms with van der Waals surface area (Å²) < 4.78 is 59.4. The van der Waals surface area contributed by atoms with Crippen molar-refractivity contribution in [2.45, 2.75) is 45.1 Å². The molecule has 1 saturated heterocycles. The molecule has 2 aliphatic rings. The number of hydrogen-bond donors (Lipinski definition) is 1. The minimum absolute atomic E-state index is 0.187. The average molecular weight is 597 g/mol. The number of halogens is 2. The van der Waals surface area contributed by atoms with E-state index in [0.29, 0.717) is 34.5 Å². The SMILES string of the molecule is CCCS(=O)(=O)Nc1ccc(F)c(-n2cc(-c3cncnc3)c3nc(N(C)C4CCN(CC5CC5)CC4)ncc32)c1F. The van der Waals surface area contributed by atoms with Crippen molar-refractivity contribution in [2.24, 2.45) is 5.92 Å². The Kier molecular flexibility index (Phi) is 7.79. The lowest BCUT2D eigenvalue weighted by atomic mass is 10.0. The Morgan fingerprint density at radius 3 is 2.50 bits per heavy atom. The Labute approximate surface area is 243 Å². The molecule has 4 aromatic rings. The molecule has 0 unspecified atom stereocenters. The van der Waals surface area contributed by atoms with E-state index in [1.807, 2.05) is 7.05 Å². The van der Waals surface area contributed by atoms with Gasteiger partial charge in [0.05, 0.1) is 23.2 Å². The van der Waals surface area contributed by atoms with Gasteiger partial charge in [-0.2, -0.15) is 0 Å². The minimum Gasteiger partial charge on any atom is -0.341 e. The van der Waals surface area contributed by atoms with Crippen molar-refractivity contribution < 1.29 is 17.2 Å². The molecule has 0 bridgehead atoms. The normalized spacial score (nSPS) is 16.7. The lowest BCUT2D eigenvalue weighted by molar-refractivity contribution is 0.203. The molecule has 6 rings (SSSR count). The van der Waals surface area contributed by atoms with E-state index in [4.69, 9.17) is 4.98 Å². The molecule has 0 atom stereocenters. The van der Waals surface area contributed by atoms with Gasteiger partial charge in [-0.25, -0.2) is 37.1 Å². The molecule has 1 aliphatic carbocycles. The van der Waals surface area contributed by atoms with Crippen molar-refractivity contribution in [3.8, 4) is 16.8 Å². The summed E-state index contributed by atoms with van der Waals surface area (Å²) in [6, 6.07) is 2.39. The smallest absolute Gasteiger partial charge is 0.232 e. The van der Waals surface area contributed by atoms with E-state index < -0.39 is 27.3 Å². The van der Waals surface area contributed by atoms with Gasteiger partial charge in [-0.1, -0.05) is 6.92 Å². The Hall–Kier alpha value is -3.71. The lowest BCUT2D eigenvalue weighted by Crippen LogP contribution is -2.44. The molecule has 0 radical (unpaired) electrons. The summed E-state index contributed by atoms with van der Waals surface area (Å²) in [5.74, 6) is -0.713. The molecular formula is C29H34F2N8O2S. The lowest BCUT2D eigenvalue weighted by Gasteiger charge is -2.36. The van der Waals surface area contributed by atoms with E-state index in [9.17, 15) is 8.42 Å². The monoisotopic (exact) mass is 596 g/mol. The van der Waals surface area contributed by atoms with Crippen molar-refractivity contribution in [2.75, 3.05) is 42.1 Å². The number of nitrogens with zero attached hydrogens (tertiary/aromatic N) is 7. The number of piperidine rings is 1. The first kappa shape index (κ1) is 28.4. The maximum Gasteiger partial charge on any atom is 0.232 e. The zero-order valence-corrected chi connectivity index (χ0v) is 24.5. The summed E-state index contributed by atoms with van der Waals surface area (Å²) in [6.07, 6.45) is 12.8. The molecule has 0 spiro atoms. The van der Waals surface area contributed by atoms with E-state index >= 15 is 8.78 Å². The fourth-order valence-corrected chi connectivity index (χ4v) is 6.78. The summed E-state index contributed by atoms with van der Waals surface area (Å²) in [5, 5.41) is 0. The first-order chi connectivity index (χ1) is 20.2. The zero-order chi connectivity index (χ0) is 29.4. The van der Waals surface area contributed by atoms with Crippen LogP contribution in [0.4, 0.5) is 20.4 Å². The molecule has 2 fully saturated rings. The average Bonchev–Trinajstić information content (AvgIpc) is 3.73. The minimum atomic E-state index is -3.80. The predicted molar refractivity (Wildman–Crippen MR) is 158 cm³/mol. The Morgan fingerprint density at radius 1 is 1.07 bits per heavy atom. The van der Waals surface area contributed by atoms with Gasteiger partial charge >= 0.3 is 0 Å². The van der Waals surface area contributed by atoms with Crippen LogP contribution < -0.4 is 9.62 Å². The van der Waals surface area contributed by atoms with Gasteiger partial charge in [0.15, 0.2) is 5.82 Å². The highest BCUT2D eigenvalue weighted by Crippen LogP contribution is 2.35. The van der Waals surface area contributed by atoms with Crippen LogP contribution in [-0.4, -0.2) is 76.3 Å². The molecule has 1 saturated carbocycles. The van der Waals surface area contributed by atoms with E-state index in [1.165, 1.54) is 30.3 Å². The van der Waals surface area contributed by atoms with E-state index in [2.05, 4.69) is 29.5 Å². The molecule has 222 valence electrons. The largest absolute Gasteiger partial charge is 0.341 e. The highest BCUT2D eigenvalue weighted by atomic mass is 32.2. The third-order valence-electron chi connectivity index (χ3n) is 8.08. The van der Waals surface area contributed by atoms with Crippen LogP contribution in [0.15, 0.2) is 43.2 Å². The number of anilines is 2. The van der Waals surface area contributed by atoms with Crippen LogP contribution in [-0.2, 0) is 10.0 Å². The summed E-state index contributed by atoms with van der Waals surface area (Å²) in [6.45, 7) is 4.96. The fourth-order valence-electron chi connectivity index (χ4n) is 5.65. The molecular weight excluding hydrogens is 562 g/mol. The van der Waals surface area contributed by atoms with Crippen LogP contribution in [0.2, 0.25) is 0 Å². The number of benzene rings is 1. The van der Waals surface area contributed by atoms with Crippen molar-refractivity contribution in [1.82, 2.24) is 29.4 Å². The maximum absolute atomic E-state index is 15.8. The van der Waals surface area contributed by atoms with Gasteiger partial charge < -0.3 is 14.4 Å². The highest BCUT2D eigenvalue weighted by molar-refractivity contribution is 7.92. The Morgan fingerprint density at radius 2 is 1.81 bits per heavy atom. The molecule has 1 aromatic carbocycles. The topological polar surface area (TPSA) is 109 Å². The standard InChI is InChI=1S/C29H34F2N8O2S/c1-3-12-42(40,41)36-24-7-6-23(30)28(26(24)31)39-17-22(20-13-32-18-33-14-20)27-25(39)15-34-29(35-27)37(2)21-8-10-38(11-9-21)16-19-4-5-19/h6-7,13-15,17-19,21,36H,3-5,8-12,16H2,1-2H3. The third kappa shape index (κ3) is 5.80. The van der Waals surface area contributed by atoms with Crippen molar-refractivity contribution in [3.63, 3.8) is 0 Å². The fraction of sp³-hybridized carbons (Fsp3) is 0.448. The third-order valence-corrected chi connectivity index (χ3v) is 9.56. The molecule has 1 aliphatic heterocycles. The highest BCUT2D eigenvalue weighted by Gasteiger charge is 2.29. The van der Waals surface area contributed by atoms with Crippen molar-refractivity contribution >= 4 is 32.7 Å². The number of hydrogen-bond acceptors (Lipinski definition) is 8. The predicted octanol–water partition coefficient (Wildman–Crippen LogP) is 4.62. The van der Waals surface area contributed by atoms with Gasteiger partial charge in [0.2, 0.25) is 16.0 Å². The molecule has 10 nitrogen and oxygen atoms in total. The summed E-state index contributed by atoms with van der Waals surface area (Å²) in [5.41, 5.74) is 1.24. The zero-order valence-electron chi connectivity index (χ0n) is 23.7. The number of likely N-dealkylation sites (tertiary alicyclic amines) is 1. The van der Waals surface area contributed by atoms with Gasteiger partial charge in [0, 0.05) is 62.4 Å². The first-order valence-electron chi connectivity index (χ1n) is 14.3. The Balaban J connectivity index is 1.39. The van der Waals surface area contributed by atoms with Gasteiger partial charge in [-0.3, -0.25) is 4.72 Å². The molecule has 0 amide bonds. The second kappa shape index (κ2) is 11.5. The first-order valence-corrected chi connectivity index (χ1v) is 16.0. The van der Waals surface area contributed by atoms with E-state index in [0.717, 1.165) is 44.0 Å². The molecule has 13 heteroatoms. The number of nitrogens with one attached hydrogen (secondary N) is 1. The van der Waals surface area contributed by atoms with Crippen LogP contribution in [0.3, 0.4) is 0 Å². The quantitative estimate of drug-likeness (QED) is 0.283. The summed E-state index contributed by atoms with van der Waals surface area (Å²) in [4.78, 5) is 22.4. The van der Waals surface area contributed by atoms with Gasteiger partial charge in [-0.05, 0) is 50.2 Å². The molecule has 4 heterocycles. The van der Waals surface area contributed by atoms with E-state index in [-0.39, 0.29) is 17.5 Å². The van der Waals surface area contributed by atoms with Crippen LogP contribution in [0, 0.1) is 17.6 Å². The molecule has 1 N–H and O–H groups in total. The Bertz CT molecular complexity index is 1690. The van der Waals surface area contributed by atoms with E-state index in [1.54, 1.807) is 31.7 Å². The van der Waals surface area contributed by atoms with Crippen LogP contribution in [0.1, 0.15) is 39.0 Å². The molecule has 3 aromatic heterocycles. The van der Waals surface area contributed by atoms with Gasteiger partial charge in [-0.15, -0.1) is 0 Å². The van der Waals surface area contributed by atoms with Crippen molar-refractivity contribution in [1.29, 1.82) is 0 Å². The summed E-state index contributed by atoms with van der Waals surface area (Å²) >= 11 is 0.